The summed E-state index contributed by atoms with van der Waals surface area (Å²) in [5.74, 6) is -1.91. The van der Waals surface area contributed by atoms with Gasteiger partial charge in [-0.15, -0.1) is 23.1 Å². The van der Waals surface area contributed by atoms with Crippen LogP contribution < -0.4 is 11.1 Å². The van der Waals surface area contributed by atoms with Crippen molar-refractivity contribution in [3.05, 3.63) is 22.3 Å². The minimum absolute atomic E-state index is 0.117. The lowest BCUT2D eigenvalue weighted by Gasteiger charge is -2.49. The number of carbonyl (C=O) groups excluding carboxylic acids is 2. The van der Waals surface area contributed by atoms with Gasteiger partial charge >= 0.3 is 5.97 Å². The molecule has 1 fully saturated rings. The third-order valence-corrected chi connectivity index (χ3v) is 12.3. The predicted molar refractivity (Wildman–Crippen MR) is 131 cm³/mol. The number of hydrogen-bond acceptors (Lipinski definition) is 13. The molecule has 3 rings (SSSR count). The summed E-state index contributed by atoms with van der Waals surface area (Å²) in [5, 5.41) is 17.3. The number of aromatic nitrogens is 1. The molecule has 1 saturated heterocycles. The van der Waals surface area contributed by atoms with E-state index in [1.165, 1.54) is 54.8 Å². The number of β-lactam (4-membered cyclic amide) rings is 1. The van der Waals surface area contributed by atoms with Crippen LogP contribution in [0.15, 0.2) is 21.8 Å². The molecule has 0 radical (unpaired) electrons. The summed E-state index contributed by atoms with van der Waals surface area (Å²) in [6.07, 6.45) is 0. The zero-order valence-corrected chi connectivity index (χ0v) is 21.7. The van der Waals surface area contributed by atoms with Gasteiger partial charge < -0.3 is 30.0 Å². The number of nitrogen functional groups attached to an aromatic ring is 1. The number of nitrogens with two attached hydrogens (primary N) is 1. The van der Waals surface area contributed by atoms with E-state index in [1.807, 2.05) is 0 Å². The highest BCUT2D eigenvalue weighted by molar-refractivity contribution is 8.67. The monoisotopic (exact) mass is 553 g/mol. The van der Waals surface area contributed by atoms with Crippen molar-refractivity contribution in [3.63, 3.8) is 0 Å². The highest BCUT2D eigenvalue weighted by Gasteiger charge is 2.54. The zero-order valence-electron chi connectivity index (χ0n) is 17.5. The summed E-state index contributed by atoms with van der Waals surface area (Å²) < 4.78 is 10.5. The van der Waals surface area contributed by atoms with Crippen LogP contribution in [0.25, 0.3) is 0 Å². The number of carboxylic acids is 1. The first-order chi connectivity index (χ1) is 15.7. The summed E-state index contributed by atoms with van der Waals surface area (Å²) in [6, 6.07) is -0.937. The first-order valence-electron chi connectivity index (χ1n) is 9.05. The van der Waals surface area contributed by atoms with Crippen molar-refractivity contribution in [2.75, 3.05) is 38.6 Å². The third-order valence-electron chi connectivity index (χ3n) is 4.54. The van der Waals surface area contributed by atoms with E-state index in [0.717, 1.165) is 11.3 Å². The second-order valence-electron chi connectivity index (χ2n) is 6.40. The molecule has 180 valence electrons. The second kappa shape index (κ2) is 10.7. The number of carbonyl (C=O) groups is 3. The van der Waals surface area contributed by atoms with Crippen molar-refractivity contribution in [2.45, 2.75) is 11.4 Å². The van der Waals surface area contributed by atoms with Crippen molar-refractivity contribution in [1.82, 2.24) is 15.2 Å². The Kier molecular flexibility index (Phi) is 8.42. The Bertz CT molecular complexity index is 1070. The van der Waals surface area contributed by atoms with Crippen LogP contribution >= 0.6 is 40.2 Å². The van der Waals surface area contributed by atoms with Gasteiger partial charge in [0, 0.05) is 31.1 Å². The maximum atomic E-state index is 12.9. The quantitative estimate of drug-likeness (QED) is 0.163. The number of hydrogen-bond donors (Lipinski definition) is 3. The maximum Gasteiger partial charge on any atom is 0.352 e. The minimum Gasteiger partial charge on any atom is -0.477 e. The van der Waals surface area contributed by atoms with Gasteiger partial charge in [-0.25, -0.2) is 9.78 Å². The SMILES string of the molecule is CON=C(C(=O)NC1C(=O)N2C(C(=O)O)=C(CSP(=S)(OC)OC)CS[C@@H]12)c1csc(N)n1. The predicted octanol–water partition coefficient (Wildman–Crippen LogP) is 1.06. The molecule has 12 nitrogen and oxygen atoms in total. The average molecular weight is 554 g/mol. The molecular weight excluding hydrogens is 533 g/mol. The lowest BCUT2D eigenvalue weighted by Crippen LogP contribution is -2.71. The fourth-order valence-corrected chi connectivity index (χ4v) is 8.02. The molecule has 2 aliphatic heterocycles. The van der Waals surface area contributed by atoms with Gasteiger partial charge in [0.1, 0.15) is 29.9 Å². The molecule has 4 N–H and O–H groups in total. The van der Waals surface area contributed by atoms with Gasteiger partial charge in [0.05, 0.1) is 0 Å². The number of amides is 2. The van der Waals surface area contributed by atoms with Crippen LogP contribution in [-0.2, 0) is 40.1 Å². The molecule has 17 heteroatoms. The van der Waals surface area contributed by atoms with Crippen LogP contribution in [0.5, 0.6) is 0 Å². The van der Waals surface area contributed by atoms with Gasteiger partial charge in [0.2, 0.25) is 5.69 Å². The number of aliphatic carboxylic acids is 1. The first kappa shape index (κ1) is 25.9. The molecule has 0 aliphatic carbocycles. The fraction of sp³-hybridized carbons (Fsp3) is 0.438. The van der Waals surface area contributed by atoms with Crippen LogP contribution in [0.4, 0.5) is 5.13 Å². The number of nitrogens with one attached hydrogen (secondary N) is 1. The Labute approximate surface area is 206 Å². The molecule has 0 spiro atoms. The van der Waals surface area contributed by atoms with E-state index in [9.17, 15) is 19.5 Å². The van der Waals surface area contributed by atoms with Crippen molar-refractivity contribution in [2.24, 2.45) is 5.16 Å². The number of rotatable bonds is 10. The number of thioether (sulfide) groups is 1. The molecule has 0 saturated carbocycles. The van der Waals surface area contributed by atoms with E-state index in [4.69, 9.17) is 31.4 Å². The number of nitrogens with zero attached hydrogens (tertiary/aromatic N) is 3. The van der Waals surface area contributed by atoms with E-state index >= 15 is 0 Å². The Balaban J connectivity index is 1.77. The van der Waals surface area contributed by atoms with Crippen molar-refractivity contribution >= 4 is 80.6 Å². The van der Waals surface area contributed by atoms with Crippen molar-refractivity contribution in [1.29, 1.82) is 0 Å². The lowest BCUT2D eigenvalue weighted by atomic mass is 10.0. The van der Waals surface area contributed by atoms with Crippen LogP contribution in [-0.4, -0.2) is 82.7 Å². The van der Waals surface area contributed by atoms with E-state index < -0.39 is 34.9 Å². The third kappa shape index (κ3) is 5.37. The van der Waals surface area contributed by atoms with Crippen LogP contribution in [0.3, 0.4) is 0 Å². The number of carboxylic acid groups (broad SMARTS) is 1. The van der Waals surface area contributed by atoms with E-state index in [1.54, 1.807) is 0 Å². The summed E-state index contributed by atoms with van der Waals surface area (Å²) >= 11 is 8.96. The molecule has 2 aliphatic rings. The average Bonchev–Trinajstić information content (AvgIpc) is 3.23. The second-order valence-corrected chi connectivity index (χ2v) is 14.9. The van der Waals surface area contributed by atoms with Crippen LogP contribution in [0.2, 0.25) is 0 Å². The zero-order chi connectivity index (χ0) is 24.3. The molecule has 0 bridgehead atoms. The summed E-state index contributed by atoms with van der Waals surface area (Å²) in [5.41, 5.74) is 3.48. The fourth-order valence-electron chi connectivity index (χ4n) is 3.03. The topological polar surface area (TPSA) is 166 Å². The summed E-state index contributed by atoms with van der Waals surface area (Å²) in [6.45, 7) is 0. The molecule has 1 unspecified atom stereocenters. The Morgan fingerprint density at radius 1 is 1.45 bits per heavy atom. The minimum atomic E-state index is -2.60. The molecule has 2 amide bonds. The lowest BCUT2D eigenvalue weighted by molar-refractivity contribution is -0.150. The highest BCUT2D eigenvalue weighted by atomic mass is 32.9. The van der Waals surface area contributed by atoms with Crippen molar-refractivity contribution < 1.29 is 33.4 Å². The molecule has 3 heterocycles. The first-order valence-corrected chi connectivity index (χ1v) is 15.2. The smallest absolute Gasteiger partial charge is 0.352 e. The summed E-state index contributed by atoms with van der Waals surface area (Å²) in [7, 11) is 4.14. The molecule has 0 aromatic carbocycles. The van der Waals surface area contributed by atoms with Crippen molar-refractivity contribution in [3.8, 4) is 0 Å². The Morgan fingerprint density at radius 2 is 2.15 bits per heavy atom. The van der Waals surface area contributed by atoms with Gasteiger partial charge in [-0.1, -0.05) is 16.5 Å². The number of thiazole rings is 1. The van der Waals surface area contributed by atoms with Gasteiger partial charge in [-0.05, 0) is 17.4 Å². The number of oxime groups is 1. The van der Waals surface area contributed by atoms with Gasteiger partial charge in [0.15, 0.2) is 10.8 Å². The van der Waals surface area contributed by atoms with E-state index in [0.29, 0.717) is 11.3 Å². The molecule has 1 aromatic heterocycles. The van der Waals surface area contributed by atoms with Gasteiger partial charge in [-0.3, -0.25) is 14.5 Å². The Hall–Kier alpha value is -1.68. The molecule has 1 aromatic rings. The number of fused-ring (bicyclic) bond motifs is 1. The van der Waals surface area contributed by atoms with Gasteiger partial charge in [0.25, 0.3) is 11.8 Å². The molecule has 2 atom stereocenters. The van der Waals surface area contributed by atoms with Crippen LogP contribution in [0, 0.1) is 0 Å². The molecular formula is C16H20N5O7PS4. The normalized spacial score (nSPS) is 20.9. The largest absolute Gasteiger partial charge is 0.477 e. The number of anilines is 1. The molecule has 33 heavy (non-hydrogen) atoms. The summed E-state index contributed by atoms with van der Waals surface area (Å²) in [4.78, 5) is 47.5. The highest BCUT2D eigenvalue weighted by Crippen LogP contribution is 2.60. The Morgan fingerprint density at radius 3 is 2.70 bits per heavy atom. The van der Waals surface area contributed by atoms with Crippen LogP contribution in [0.1, 0.15) is 5.69 Å². The van der Waals surface area contributed by atoms with E-state index in [-0.39, 0.29) is 28.0 Å². The van der Waals surface area contributed by atoms with E-state index in [2.05, 4.69) is 15.5 Å². The maximum absolute atomic E-state index is 12.9. The standard InChI is InChI=1S/C16H20N5O7PS4/c1-26-20-9(8-6-32-16(17)18-8)12(22)19-10-13(23)21-11(15(24)25)7(4-31-14(10)21)5-33-29(30,27-2)28-3/h6,10,14H,4-5H2,1-3H3,(H2,17,18)(H,19,22)(H,24,25)/t10?,14-/m0/s1. The van der Waals surface area contributed by atoms with Gasteiger partial charge in [-0.2, -0.15) is 0 Å².